The molecular weight excluding hydrogens is 336 g/mol. The van der Waals surface area contributed by atoms with Gasteiger partial charge in [-0.1, -0.05) is 6.07 Å². The van der Waals surface area contributed by atoms with Crippen LogP contribution in [-0.4, -0.2) is 15.3 Å². The highest BCUT2D eigenvalue weighted by atomic mass is 79.9. The Balaban J connectivity index is 2.26. The number of thiophene rings is 1. The zero-order valence-corrected chi connectivity index (χ0v) is 12.3. The van der Waals surface area contributed by atoms with E-state index in [9.17, 15) is 9.00 Å². The van der Waals surface area contributed by atoms with Gasteiger partial charge in [-0.2, -0.15) is 0 Å². The SMILES string of the molecule is O=C(O)c1cc(S(=O)Cc2cccs2)ccc1Br. The van der Waals surface area contributed by atoms with Gasteiger partial charge in [-0.25, -0.2) is 4.79 Å². The van der Waals surface area contributed by atoms with E-state index in [2.05, 4.69) is 15.9 Å². The van der Waals surface area contributed by atoms with Gasteiger partial charge in [-0.15, -0.1) is 11.3 Å². The van der Waals surface area contributed by atoms with Crippen LogP contribution in [0.15, 0.2) is 45.1 Å². The van der Waals surface area contributed by atoms with Gasteiger partial charge < -0.3 is 5.11 Å². The van der Waals surface area contributed by atoms with Crippen LogP contribution in [0.4, 0.5) is 0 Å². The molecule has 2 rings (SSSR count). The first-order chi connectivity index (χ1) is 8.58. The van der Waals surface area contributed by atoms with E-state index < -0.39 is 16.8 Å². The lowest BCUT2D eigenvalue weighted by atomic mass is 10.2. The number of carbonyl (C=O) groups is 1. The zero-order valence-electron chi connectivity index (χ0n) is 9.13. The molecule has 0 aliphatic heterocycles. The van der Waals surface area contributed by atoms with Gasteiger partial charge in [-0.3, -0.25) is 4.21 Å². The normalized spacial score (nSPS) is 12.3. The Kier molecular flexibility index (Phi) is 4.31. The summed E-state index contributed by atoms with van der Waals surface area (Å²) in [6, 6.07) is 8.57. The fraction of sp³-hybridized carbons (Fsp3) is 0.0833. The van der Waals surface area contributed by atoms with Gasteiger partial charge in [0.25, 0.3) is 0 Å². The molecule has 2 aromatic rings. The number of hydrogen-bond acceptors (Lipinski definition) is 3. The predicted molar refractivity (Wildman–Crippen MR) is 75.5 cm³/mol. The van der Waals surface area contributed by atoms with Crippen LogP contribution < -0.4 is 0 Å². The minimum absolute atomic E-state index is 0.132. The van der Waals surface area contributed by atoms with Crippen LogP contribution >= 0.6 is 27.3 Å². The lowest BCUT2D eigenvalue weighted by Gasteiger charge is -2.04. The Morgan fingerprint density at radius 3 is 2.78 bits per heavy atom. The van der Waals surface area contributed by atoms with Crippen molar-refractivity contribution in [1.82, 2.24) is 0 Å². The van der Waals surface area contributed by atoms with Gasteiger partial charge in [-0.05, 0) is 45.6 Å². The second-order valence-electron chi connectivity index (χ2n) is 3.52. The summed E-state index contributed by atoms with van der Waals surface area (Å²) in [6.45, 7) is 0. The fourth-order valence-electron chi connectivity index (χ4n) is 1.42. The largest absolute Gasteiger partial charge is 0.478 e. The molecule has 0 saturated heterocycles. The number of rotatable bonds is 4. The Morgan fingerprint density at radius 2 is 2.17 bits per heavy atom. The molecule has 0 radical (unpaired) electrons. The van der Waals surface area contributed by atoms with Crippen LogP contribution in [0.3, 0.4) is 0 Å². The van der Waals surface area contributed by atoms with E-state index in [1.807, 2.05) is 17.5 Å². The molecule has 0 bridgehead atoms. The van der Waals surface area contributed by atoms with E-state index in [1.54, 1.807) is 23.5 Å². The first-order valence-corrected chi connectivity index (χ1v) is 8.00. The molecule has 0 fully saturated rings. The first kappa shape index (κ1) is 13.5. The van der Waals surface area contributed by atoms with Gasteiger partial charge in [0.1, 0.15) is 0 Å². The van der Waals surface area contributed by atoms with Crippen molar-refractivity contribution >= 4 is 44.0 Å². The molecule has 3 nitrogen and oxygen atoms in total. The Bertz CT molecular complexity index is 593. The molecule has 0 spiro atoms. The monoisotopic (exact) mass is 344 g/mol. The van der Waals surface area contributed by atoms with Gasteiger partial charge >= 0.3 is 5.97 Å². The van der Waals surface area contributed by atoms with E-state index >= 15 is 0 Å². The Hall–Kier alpha value is -0.980. The summed E-state index contributed by atoms with van der Waals surface area (Å²) in [7, 11) is -1.22. The summed E-state index contributed by atoms with van der Waals surface area (Å²) in [5.74, 6) is -0.616. The van der Waals surface area contributed by atoms with Crippen molar-refractivity contribution in [1.29, 1.82) is 0 Å². The highest BCUT2D eigenvalue weighted by Gasteiger charge is 2.12. The molecule has 18 heavy (non-hydrogen) atoms. The van der Waals surface area contributed by atoms with E-state index in [0.29, 0.717) is 15.1 Å². The molecule has 1 heterocycles. The number of aromatic carboxylic acids is 1. The maximum atomic E-state index is 12.1. The van der Waals surface area contributed by atoms with Gasteiger partial charge in [0, 0.05) is 14.2 Å². The van der Waals surface area contributed by atoms with Crippen molar-refractivity contribution in [2.24, 2.45) is 0 Å². The first-order valence-electron chi connectivity index (χ1n) is 5.01. The smallest absolute Gasteiger partial charge is 0.336 e. The summed E-state index contributed by atoms with van der Waals surface area (Å²) in [4.78, 5) is 12.5. The highest BCUT2D eigenvalue weighted by molar-refractivity contribution is 9.10. The van der Waals surface area contributed by atoms with Gasteiger partial charge in [0.2, 0.25) is 0 Å². The molecule has 1 aromatic carbocycles. The fourth-order valence-corrected chi connectivity index (χ4v) is 3.91. The molecule has 1 unspecified atom stereocenters. The minimum Gasteiger partial charge on any atom is -0.478 e. The van der Waals surface area contributed by atoms with Crippen LogP contribution in [-0.2, 0) is 16.6 Å². The Labute approximate surface area is 119 Å². The second-order valence-corrected chi connectivity index (χ2v) is 6.85. The number of carboxylic acids is 1. The van der Waals surface area contributed by atoms with Crippen molar-refractivity contribution in [2.75, 3.05) is 0 Å². The van der Waals surface area contributed by atoms with Crippen molar-refractivity contribution in [3.05, 3.63) is 50.6 Å². The molecule has 0 amide bonds. The van der Waals surface area contributed by atoms with Crippen molar-refractivity contribution < 1.29 is 14.1 Å². The standard InChI is InChI=1S/C12H9BrO3S2/c13-11-4-3-9(6-10(11)12(14)15)18(16)7-8-2-1-5-17-8/h1-6H,7H2,(H,14,15). The molecule has 1 N–H and O–H groups in total. The van der Waals surface area contributed by atoms with Crippen LogP contribution in [0.2, 0.25) is 0 Å². The molecule has 0 aliphatic carbocycles. The summed E-state index contributed by atoms with van der Waals surface area (Å²) < 4.78 is 12.6. The number of hydrogen-bond donors (Lipinski definition) is 1. The quantitative estimate of drug-likeness (QED) is 0.923. The number of carboxylic acid groups (broad SMARTS) is 1. The molecule has 1 aromatic heterocycles. The maximum absolute atomic E-state index is 12.1. The molecule has 0 aliphatic rings. The summed E-state index contributed by atoms with van der Waals surface area (Å²) in [5, 5.41) is 10.9. The van der Waals surface area contributed by atoms with Crippen molar-refractivity contribution in [2.45, 2.75) is 10.6 Å². The van der Waals surface area contributed by atoms with E-state index in [1.165, 1.54) is 6.07 Å². The molecule has 94 valence electrons. The van der Waals surface area contributed by atoms with Gasteiger partial charge in [0.05, 0.1) is 22.1 Å². The van der Waals surface area contributed by atoms with Crippen LogP contribution in [0.5, 0.6) is 0 Å². The van der Waals surface area contributed by atoms with Crippen LogP contribution in [0.25, 0.3) is 0 Å². The summed E-state index contributed by atoms with van der Waals surface area (Å²) in [5.41, 5.74) is 0.132. The zero-order chi connectivity index (χ0) is 13.1. The second kappa shape index (κ2) is 5.77. The van der Waals surface area contributed by atoms with E-state index in [4.69, 9.17) is 5.11 Å². The van der Waals surface area contributed by atoms with Crippen LogP contribution in [0, 0.1) is 0 Å². The van der Waals surface area contributed by atoms with Crippen molar-refractivity contribution in [3.63, 3.8) is 0 Å². The molecule has 6 heteroatoms. The minimum atomic E-state index is -1.22. The van der Waals surface area contributed by atoms with Gasteiger partial charge in [0.15, 0.2) is 0 Å². The third kappa shape index (κ3) is 3.07. The average molecular weight is 345 g/mol. The highest BCUT2D eigenvalue weighted by Crippen LogP contribution is 2.22. The van der Waals surface area contributed by atoms with Crippen molar-refractivity contribution in [3.8, 4) is 0 Å². The van der Waals surface area contributed by atoms with E-state index in [-0.39, 0.29) is 5.56 Å². The van der Waals surface area contributed by atoms with E-state index in [0.717, 1.165) is 4.88 Å². The maximum Gasteiger partial charge on any atom is 0.336 e. The van der Waals surface area contributed by atoms with Crippen LogP contribution in [0.1, 0.15) is 15.2 Å². The summed E-state index contributed by atoms with van der Waals surface area (Å²) in [6.07, 6.45) is 0. The summed E-state index contributed by atoms with van der Waals surface area (Å²) >= 11 is 4.70. The molecule has 1 atom stereocenters. The molecular formula is C12H9BrO3S2. The number of halogens is 1. The lowest BCUT2D eigenvalue weighted by Crippen LogP contribution is -2.01. The molecule has 0 saturated carbocycles. The topological polar surface area (TPSA) is 54.4 Å². The Morgan fingerprint density at radius 1 is 1.39 bits per heavy atom. The predicted octanol–water partition coefficient (Wildman–Crippen LogP) is 3.52. The third-order valence-corrected chi connectivity index (χ3v) is 5.39. The number of benzene rings is 1. The third-order valence-electron chi connectivity index (χ3n) is 2.28. The lowest BCUT2D eigenvalue weighted by molar-refractivity contribution is 0.0695. The average Bonchev–Trinajstić information content (AvgIpc) is 2.81.